The lowest BCUT2D eigenvalue weighted by Crippen LogP contribution is -2.46. The zero-order chi connectivity index (χ0) is 42.4. The van der Waals surface area contributed by atoms with Crippen molar-refractivity contribution < 1.29 is 24.5 Å². The number of carbonyl (C=O) groups is 2. The number of hydrogen-bond donors (Lipinski definition) is 3. The second-order valence-corrected chi connectivity index (χ2v) is 16.5. The Labute approximate surface area is 358 Å². The molecule has 0 aromatic carbocycles. The van der Waals surface area contributed by atoms with E-state index in [1.54, 1.807) is 0 Å². The molecule has 0 fully saturated rings. The molecule has 0 heterocycles. The highest BCUT2D eigenvalue weighted by Crippen LogP contribution is 2.16. The highest BCUT2D eigenvalue weighted by Gasteiger charge is 2.24. The van der Waals surface area contributed by atoms with E-state index in [2.05, 4.69) is 80.8 Å². The van der Waals surface area contributed by atoms with E-state index in [1.165, 1.54) is 116 Å². The lowest BCUT2D eigenvalue weighted by atomic mass is 10.0. The number of nitrogens with one attached hydrogen (secondary N) is 1. The van der Waals surface area contributed by atoms with E-state index in [0.29, 0.717) is 19.3 Å². The molecular weight excluding hydrogens is 719 g/mol. The van der Waals surface area contributed by atoms with Gasteiger partial charge in [-0.2, -0.15) is 0 Å². The van der Waals surface area contributed by atoms with Crippen molar-refractivity contribution in [2.75, 3.05) is 6.61 Å². The minimum Gasteiger partial charge on any atom is -0.462 e. The van der Waals surface area contributed by atoms with Crippen molar-refractivity contribution in [2.24, 2.45) is 0 Å². The largest absolute Gasteiger partial charge is 0.462 e. The minimum absolute atomic E-state index is 0.0281. The number of unbranched alkanes of at least 4 members (excludes halogenated alkanes) is 21. The molecule has 0 spiro atoms. The Hall–Kier alpha value is -2.44. The highest BCUT2D eigenvalue weighted by atomic mass is 16.5. The van der Waals surface area contributed by atoms with Crippen LogP contribution in [0, 0.1) is 0 Å². The second kappa shape index (κ2) is 45.6. The fourth-order valence-electron chi connectivity index (χ4n) is 7.08. The number of rotatable bonds is 43. The summed E-state index contributed by atoms with van der Waals surface area (Å²) in [5.74, 6) is -0.594. The first-order valence-corrected chi connectivity index (χ1v) is 24.5. The topological polar surface area (TPSA) is 95.9 Å². The fourth-order valence-corrected chi connectivity index (χ4v) is 7.08. The molecule has 3 unspecified atom stereocenters. The van der Waals surface area contributed by atoms with Gasteiger partial charge >= 0.3 is 5.97 Å². The third kappa shape index (κ3) is 40.3. The molecule has 3 N–H and O–H groups in total. The molecule has 3 atom stereocenters. The number of esters is 1. The smallest absolute Gasteiger partial charge is 0.306 e. The van der Waals surface area contributed by atoms with Crippen LogP contribution in [0.2, 0.25) is 0 Å². The number of hydrogen-bond acceptors (Lipinski definition) is 5. The molecule has 6 heteroatoms. The predicted molar refractivity (Wildman–Crippen MR) is 250 cm³/mol. The second-order valence-electron chi connectivity index (χ2n) is 16.5. The third-order valence-corrected chi connectivity index (χ3v) is 10.8. The van der Waals surface area contributed by atoms with E-state index in [9.17, 15) is 19.8 Å². The van der Waals surface area contributed by atoms with Gasteiger partial charge in [-0.15, -0.1) is 0 Å². The highest BCUT2D eigenvalue weighted by molar-refractivity contribution is 5.77. The third-order valence-electron chi connectivity index (χ3n) is 10.8. The lowest BCUT2D eigenvalue weighted by molar-refractivity contribution is -0.150. The molecule has 0 aromatic rings. The van der Waals surface area contributed by atoms with Crippen molar-refractivity contribution in [3.8, 4) is 0 Å². The average Bonchev–Trinajstić information content (AvgIpc) is 3.22. The molecular formula is C52H93NO5. The van der Waals surface area contributed by atoms with Crippen molar-refractivity contribution in [1.29, 1.82) is 0 Å². The number of aliphatic hydroxyl groups is 2. The van der Waals surface area contributed by atoms with Crippen molar-refractivity contribution in [2.45, 2.75) is 251 Å². The van der Waals surface area contributed by atoms with E-state index in [-0.39, 0.29) is 31.3 Å². The average molecular weight is 812 g/mol. The summed E-state index contributed by atoms with van der Waals surface area (Å²) in [6.45, 7) is 6.40. The van der Waals surface area contributed by atoms with E-state index in [4.69, 9.17) is 4.74 Å². The van der Waals surface area contributed by atoms with E-state index >= 15 is 0 Å². The zero-order valence-corrected chi connectivity index (χ0v) is 38.2. The Morgan fingerprint density at radius 1 is 0.500 bits per heavy atom. The van der Waals surface area contributed by atoms with Crippen LogP contribution in [0.3, 0.4) is 0 Å². The van der Waals surface area contributed by atoms with Gasteiger partial charge in [0.2, 0.25) is 5.91 Å². The first-order valence-electron chi connectivity index (χ1n) is 24.5. The Morgan fingerprint density at radius 3 is 1.38 bits per heavy atom. The van der Waals surface area contributed by atoms with Crippen molar-refractivity contribution in [1.82, 2.24) is 5.32 Å². The zero-order valence-electron chi connectivity index (χ0n) is 38.2. The molecule has 6 nitrogen and oxygen atoms in total. The number of ether oxygens (including phenoxy) is 1. The summed E-state index contributed by atoms with van der Waals surface area (Å²) in [5, 5.41) is 23.7. The number of allylic oxidation sites excluding steroid dienone is 10. The van der Waals surface area contributed by atoms with Crippen LogP contribution in [0.4, 0.5) is 0 Å². The Kier molecular flexibility index (Phi) is 43.7. The molecule has 0 saturated heterocycles. The molecule has 0 rings (SSSR count). The van der Waals surface area contributed by atoms with E-state index in [0.717, 1.165) is 64.2 Å². The number of amides is 1. The van der Waals surface area contributed by atoms with Gasteiger partial charge in [-0.05, 0) is 83.5 Å². The quantitative estimate of drug-likeness (QED) is 0.0324. The lowest BCUT2D eigenvalue weighted by Gasteiger charge is -2.24. The summed E-state index contributed by atoms with van der Waals surface area (Å²) in [5.41, 5.74) is 0. The van der Waals surface area contributed by atoms with Crippen LogP contribution in [-0.2, 0) is 14.3 Å². The summed E-state index contributed by atoms with van der Waals surface area (Å²) in [6, 6.07) is -0.724. The maximum absolute atomic E-state index is 13.2. The van der Waals surface area contributed by atoms with Crippen molar-refractivity contribution >= 4 is 11.9 Å². The molecule has 0 radical (unpaired) electrons. The van der Waals surface area contributed by atoms with Gasteiger partial charge in [0.05, 0.1) is 25.2 Å². The Balaban J connectivity index is 4.75. The van der Waals surface area contributed by atoms with Gasteiger partial charge in [0.1, 0.15) is 6.10 Å². The van der Waals surface area contributed by atoms with E-state index in [1.807, 2.05) is 6.08 Å². The summed E-state index contributed by atoms with van der Waals surface area (Å²) in [6.07, 6.45) is 55.7. The Bertz CT molecular complexity index is 1050. The van der Waals surface area contributed by atoms with Crippen LogP contribution in [0.5, 0.6) is 0 Å². The standard InChI is InChI=1S/C52H93NO5/c1-4-7-10-13-16-19-22-24-25-27-29-31-34-37-40-43-48(58-52(57)45-42-39-36-33-30-26-23-20-17-14-11-8-5-2)46-51(56)53-49(47-54)50(55)44-41-38-35-32-28-21-18-15-12-9-6-3/h16,19,24-26,29-31,36,39,48-50,54-55H,4-15,17-18,20-23,27-28,32-35,37-38,40-47H2,1-3H3,(H,53,56)/b19-16-,25-24-,30-26-,31-29-,39-36+. The molecule has 1 amide bonds. The minimum atomic E-state index is -0.806. The molecule has 336 valence electrons. The summed E-state index contributed by atoms with van der Waals surface area (Å²) in [4.78, 5) is 26.0. The molecule has 0 aliphatic heterocycles. The molecule has 0 bridgehead atoms. The van der Waals surface area contributed by atoms with Gasteiger partial charge < -0.3 is 20.3 Å². The fraction of sp³-hybridized carbons (Fsp3) is 0.769. The predicted octanol–water partition coefficient (Wildman–Crippen LogP) is 14.5. The maximum atomic E-state index is 13.2. The van der Waals surface area contributed by atoms with Crippen LogP contribution in [0.25, 0.3) is 0 Å². The van der Waals surface area contributed by atoms with Gasteiger partial charge in [0, 0.05) is 6.42 Å². The van der Waals surface area contributed by atoms with Gasteiger partial charge in [0.15, 0.2) is 0 Å². The molecule has 58 heavy (non-hydrogen) atoms. The monoisotopic (exact) mass is 812 g/mol. The first-order chi connectivity index (χ1) is 28.5. The van der Waals surface area contributed by atoms with Gasteiger partial charge in [-0.25, -0.2) is 0 Å². The van der Waals surface area contributed by atoms with Gasteiger partial charge in [0.25, 0.3) is 0 Å². The van der Waals surface area contributed by atoms with Gasteiger partial charge in [-0.3, -0.25) is 9.59 Å². The van der Waals surface area contributed by atoms with Crippen molar-refractivity contribution in [3.63, 3.8) is 0 Å². The van der Waals surface area contributed by atoms with Gasteiger partial charge in [-0.1, -0.05) is 197 Å². The summed E-state index contributed by atoms with van der Waals surface area (Å²) in [7, 11) is 0. The number of carbonyl (C=O) groups excluding carboxylic acids is 2. The summed E-state index contributed by atoms with van der Waals surface area (Å²) < 4.78 is 5.86. The van der Waals surface area contributed by atoms with E-state index < -0.39 is 18.2 Å². The SMILES string of the molecule is CCCCC/C=C\C/C=C\C/C=C\CCCCC(CC(=O)NC(CO)C(O)CCCCCCCCCCCCC)OC(=O)CC/C=C/C/C=C\CCCCCCCC. The maximum Gasteiger partial charge on any atom is 0.306 e. The molecule has 0 aromatic heterocycles. The molecule has 0 aliphatic carbocycles. The van der Waals surface area contributed by atoms with Crippen LogP contribution in [0.1, 0.15) is 233 Å². The number of aliphatic hydroxyl groups excluding tert-OH is 2. The van der Waals surface area contributed by atoms with Crippen LogP contribution < -0.4 is 5.32 Å². The molecule has 0 aliphatic rings. The normalized spacial score (nSPS) is 13.8. The summed E-state index contributed by atoms with van der Waals surface area (Å²) >= 11 is 0. The van der Waals surface area contributed by atoms with Crippen LogP contribution in [-0.4, -0.2) is 46.9 Å². The first kappa shape index (κ1) is 55.6. The van der Waals surface area contributed by atoms with Crippen LogP contribution >= 0.6 is 0 Å². The van der Waals surface area contributed by atoms with Crippen LogP contribution in [0.15, 0.2) is 60.8 Å². The molecule has 0 saturated carbocycles. The van der Waals surface area contributed by atoms with Crippen molar-refractivity contribution in [3.05, 3.63) is 60.8 Å². The Morgan fingerprint density at radius 2 is 0.879 bits per heavy atom.